The van der Waals surface area contributed by atoms with Gasteiger partial charge in [0.15, 0.2) is 0 Å². The van der Waals surface area contributed by atoms with E-state index in [0.717, 1.165) is 12.1 Å². The molecule has 1 rings (SSSR count). The van der Waals surface area contributed by atoms with Gasteiger partial charge < -0.3 is 10.4 Å². The van der Waals surface area contributed by atoms with E-state index in [4.69, 9.17) is 5.11 Å². The predicted octanol–water partition coefficient (Wildman–Crippen LogP) is -0.661. The monoisotopic (exact) mass is 212 g/mol. The van der Waals surface area contributed by atoms with Crippen molar-refractivity contribution in [3.05, 3.63) is 11.9 Å². The van der Waals surface area contributed by atoms with Crippen LogP contribution in [0.15, 0.2) is 6.20 Å². The minimum Gasteiger partial charge on any atom is -0.396 e. The highest BCUT2D eigenvalue weighted by Crippen LogP contribution is 1.98. The van der Waals surface area contributed by atoms with Crippen LogP contribution in [0.2, 0.25) is 0 Å². The lowest BCUT2D eigenvalue weighted by atomic mass is 10.2. The third-order valence-corrected chi connectivity index (χ3v) is 2.02. The maximum atomic E-state index is 11.0. The Kier molecular flexibility index (Phi) is 4.76. The summed E-state index contributed by atoms with van der Waals surface area (Å²) in [4.78, 5) is 11.0. The molecule has 0 aliphatic heterocycles. The van der Waals surface area contributed by atoms with Gasteiger partial charge in [-0.3, -0.25) is 9.48 Å². The zero-order valence-corrected chi connectivity index (χ0v) is 8.81. The zero-order chi connectivity index (χ0) is 11.1. The summed E-state index contributed by atoms with van der Waals surface area (Å²) in [6.07, 6.45) is 3.61. The smallest absolute Gasteiger partial charge is 0.221 e. The van der Waals surface area contributed by atoms with E-state index in [1.165, 1.54) is 0 Å². The molecule has 0 aliphatic rings. The summed E-state index contributed by atoms with van der Waals surface area (Å²) in [7, 11) is 1.61. The first-order valence-corrected chi connectivity index (χ1v) is 4.96. The van der Waals surface area contributed by atoms with Gasteiger partial charge in [0.1, 0.15) is 0 Å². The van der Waals surface area contributed by atoms with Crippen LogP contribution >= 0.6 is 0 Å². The first-order chi connectivity index (χ1) is 7.26. The highest BCUT2D eigenvalue weighted by molar-refractivity contribution is 5.75. The number of aryl methyl sites for hydroxylation is 2. The van der Waals surface area contributed by atoms with E-state index in [0.29, 0.717) is 19.4 Å². The lowest BCUT2D eigenvalue weighted by Crippen LogP contribution is -2.19. The maximum absolute atomic E-state index is 11.0. The van der Waals surface area contributed by atoms with E-state index >= 15 is 0 Å². The summed E-state index contributed by atoms with van der Waals surface area (Å²) in [5, 5.41) is 19.0. The lowest BCUT2D eigenvalue weighted by molar-refractivity contribution is -0.120. The van der Waals surface area contributed by atoms with Crippen LogP contribution in [0, 0.1) is 0 Å². The summed E-state index contributed by atoms with van der Waals surface area (Å²) in [5.41, 5.74) is 0.848. The molecule has 15 heavy (non-hydrogen) atoms. The Labute approximate surface area is 88.3 Å². The molecule has 1 aromatic rings. The van der Waals surface area contributed by atoms with Crippen molar-refractivity contribution in [2.75, 3.05) is 13.7 Å². The fraction of sp³-hybridized carbons (Fsp3) is 0.667. The molecule has 0 bridgehead atoms. The second-order valence-corrected chi connectivity index (χ2v) is 3.22. The van der Waals surface area contributed by atoms with Gasteiger partial charge in [-0.2, -0.15) is 0 Å². The molecule has 0 radical (unpaired) electrons. The first-order valence-electron chi connectivity index (χ1n) is 4.96. The average molecular weight is 212 g/mol. The van der Waals surface area contributed by atoms with E-state index in [-0.39, 0.29) is 12.5 Å². The van der Waals surface area contributed by atoms with Gasteiger partial charge in [0.25, 0.3) is 0 Å². The molecular formula is C9H16N4O2. The maximum Gasteiger partial charge on any atom is 0.221 e. The molecule has 2 N–H and O–H groups in total. The topological polar surface area (TPSA) is 80.0 Å². The molecule has 0 aliphatic carbocycles. The van der Waals surface area contributed by atoms with Crippen LogP contribution in [-0.4, -0.2) is 39.7 Å². The Morgan fingerprint density at radius 2 is 2.47 bits per heavy atom. The minimum atomic E-state index is -0.0117. The number of aliphatic hydroxyl groups excluding tert-OH is 1. The van der Waals surface area contributed by atoms with Crippen LogP contribution in [0.5, 0.6) is 0 Å². The molecule has 0 saturated heterocycles. The average Bonchev–Trinajstić information content (AvgIpc) is 2.71. The fourth-order valence-electron chi connectivity index (χ4n) is 1.16. The molecule has 0 saturated carbocycles. The number of hydrogen-bond acceptors (Lipinski definition) is 4. The Hall–Kier alpha value is -1.43. The van der Waals surface area contributed by atoms with Crippen LogP contribution in [0.25, 0.3) is 0 Å². The van der Waals surface area contributed by atoms with Crippen molar-refractivity contribution in [1.82, 2.24) is 20.3 Å². The molecular weight excluding hydrogens is 196 g/mol. The van der Waals surface area contributed by atoms with Gasteiger partial charge in [-0.1, -0.05) is 5.21 Å². The van der Waals surface area contributed by atoms with Gasteiger partial charge in [-0.25, -0.2) is 0 Å². The minimum absolute atomic E-state index is 0.0117. The molecule has 0 unspecified atom stereocenters. The zero-order valence-electron chi connectivity index (χ0n) is 8.81. The number of aliphatic hydroxyl groups is 1. The van der Waals surface area contributed by atoms with Crippen molar-refractivity contribution in [2.45, 2.75) is 25.8 Å². The molecule has 1 amide bonds. The van der Waals surface area contributed by atoms with E-state index in [2.05, 4.69) is 15.6 Å². The summed E-state index contributed by atoms with van der Waals surface area (Å²) in [6, 6.07) is 0. The molecule has 6 nitrogen and oxygen atoms in total. The second-order valence-electron chi connectivity index (χ2n) is 3.22. The number of amides is 1. The van der Waals surface area contributed by atoms with E-state index in [1.807, 2.05) is 0 Å². The molecule has 1 aromatic heterocycles. The lowest BCUT2D eigenvalue weighted by Gasteiger charge is -1.98. The first kappa shape index (κ1) is 11.6. The third kappa shape index (κ3) is 4.07. The number of rotatable bonds is 6. The Bertz CT molecular complexity index is 311. The molecule has 84 valence electrons. The van der Waals surface area contributed by atoms with Crippen molar-refractivity contribution in [2.24, 2.45) is 0 Å². The largest absolute Gasteiger partial charge is 0.396 e. The quantitative estimate of drug-likeness (QED) is 0.656. The SMILES string of the molecule is CNC(=O)CCn1cc(CCCO)nn1. The Morgan fingerprint density at radius 3 is 3.13 bits per heavy atom. The van der Waals surface area contributed by atoms with Gasteiger partial charge >= 0.3 is 0 Å². The summed E-state index contributed by atoms with van der Waals surface area (Å²) in [5.74, 6) is -0.0117. The molecule has 1 heterocycles. The van der Waals surface area contributed by atoms with Crippen molar-refractivity contribution in [1.29, 1.82) is 0 Å². The predicted molar refractivity (Wildman–Crippen MR) is 54.1 cm³/mol. The number of carbonyl (C=O) groups is 1. The van der Waals surface area contributed by atoms with Crippen molar-refractivity contribution in [3.8, 4) is 0 Å². The van der Waals surface area contributed by atoms with Crippen molar-refractivity contribution in [3.63, 3.8) is 0 Å². The summed E-state index contributed by atoms with van der Waals surface area (Å²) in [6.45, 7) is 0.691. The third-order valence-electron chi connectivity index (χ3n) is 2.02. The standard InChI is InChI=1S/C9H16N4O2/c1-10-9(15)4-5-13-7-8(11-12-13)3-2-6-14/h7,14H,2-6H2,1H3,(H,10,15). The molecule has 6 heteroatoms. The van der Waals surface area contributed by atoms with Gasteiger partial charge in [0, 0.05) is 26.3 Å². The Morgan fingerprint density at radius 1 is 1.67 bits per heavy atom. The normalized spacial score (nSPS) is 10.3. The van der Waals surface area contributed by atoms with Gasteiger partial charge in [-0.15, -0.1) is 5.10 Å². The van der Waals surface area contributed by atoms with Crippen LogP contribution in [0.1, 0.15) is 18.5 Å². The van der Waals surface area contributed by atoms with Gasteiger partial charge in [0.05, 0.1) is 12.2 Å². The van der Waals surface area contributed by atoms with Crippen LogP contribution in [0.3, 0.4) is 0 Å². The summed E-state index contributed by atoms with van der Waals surface area (Å²) >= 11 is 0. The van der Waals surface area contributed by atoms with Crippen LogP contribution in [0.4, 0.5) is 0 Å². The van der Waals surface area contributed by atoms with E-state index in [1.54, 1.807) is 17.9 Å². The number of hydrogen-bond donors (Lipinski definition) is 2. The van der Waals surface area contributed by atoms with Crippen LogP contribution in [-0.2, 0) is 17.8 Å². The molecule has 0 atom stereocenters. The number of nitrogens with one attached hydrogen (secondary N) is 1. The van der Waals surface area contributed by atoms with Crippen LogP contribution < -0.4 is 5.32 Å². The number of nitrogens with zero attached hydrogens (tertiary/aromatic N) is 3. The molecule has 0 spiro atoms. The molecule has 0 aromatic carbocycles. The van der Waals surface area contributed by atoms with E-state index in [9.17, 15) is 4.79 Å². The molecule has 0 fully saturated rings. The highest BCUT2D eigenvalue weighted by atomic mass is 16.2. The van der Waals surface area contributed by atoms with Gasteiger partial charge in [-0.05, 0) is 12.8 Å². The van der Waals surface area contributed by atoms with E-state index < -0.39 is 0 Å². The fourth-order valence-corrected chi connectivity index (χ4v) is 1.16. The van der Waals surface area contributed by atoms with Gasteiger partial charge in [0.2, 0.25) is 5.91 Å². The Balaban J connectivity index is 2.35. The highest BCUT2D eigenvalue weighted by Gasteiger charge is 2.02. The summed E-state index contributed by atoms with van der Waals surface area (Å²) < 4.78 is 1.64. The van der Waals surface area contributed by atoms with Crippen molar-refractivity contribution >= 4 is 5.91 Å². The number of carbonyl (C=O) groups excluding carboxylic acids is 1. The van der Waals surface area contributed by atoms with Crippen molar-refractivity contribution < 1.29 is 9.90 Å². The second kappa shape index (κ2) is 6.13. The number of aromatic nitrogens is 3.